The molecule has 0 radical (unpaired) electrons. The largest absolute Gasteiger partial charge is 0.459 e. The first-order valence-electron chi connectivity index (χ1n) is 5.33. The van der Waals surface area contributed by atoms with E-state index < -0.39 is 0 Å². The number of rotatable bonds is 3. The van der Waals surface area contributed by atoms with Crippen LogP contribution < -0.4 is 10.6 Å². The van der Waals surface area contributed by atoms with Crippen LogP contribution in [0.25, 0.3) is 0 Å². The first-order valence-corrected chi connectivity index (χ1v) is 5.33. The second-order valence-corrected chi connectivity index (χ2v) is 3.94. The molecule has 2 rings (SSSR count). The zero-order chi connectivity index (χ0) is 10.7. The molecule has 1 saturated heterocycles. The van der Waals surface area contributed by atoms with E-state index in [1.807, 2.05) is 6.92 Å². The molecule has 0 aromatic carbocycles. The third-order valence-corrected chi connectivity index (χ3v) is 2.74. The summed E-state index contributed by atoms with van der Waals surface area (Å²) in [5, 5.41) is 6.20. The zero-order valence-electron chi connectivity index (χ0n) is 8.88. The quantitative estimate of drug-likeness (QED) is 0.781. The summed E-state index contributed by atoms with van der Waals surface area (Å²) in [7, 11) is 0. The highest BCUT2D eigenvalue weighted by atomic mass is 16.3. The minimum Gasteiger partial charge on any atom is -0.459 e. The molecule has 1 aliphatic heterocycles. The van der Waals surface area contributed by atoms with Crippen molar-refractivity contribution in [2.24, 2.45) is 0 Å². The Morgan fingerprint density at radius 3 is 3.20 bits per heavy atom. The van der Waals surface area contributed by atoms with Crippen LogP contribution in [0.3, 0.4) is 0 Å². The minimum atomic E-state index is -0.119. The van der Waals surface area contributed by atoms with Crippen LogP contribution in [0.2, 0.25) is 0 Å². The highest BCUT2D eigenvalue weighted by molar-refractivity contribution is 5.92. The molecule has 0 saturated carbocycles. The van der Waals surface area contributed by atoms with Gasteiger partial charge in [0, 0.05) is 18.2 Å². The third-order valence-electron chi connectivity index (χ3n) is 2.74. The topological polar surface area (TPSA) is 54.3 Å². The van der Waals surface area contributed by atoms with Crippen molar-refractivity contribution in [2.45, 2.75) is 25.8 Å². The number of nitrogens with one attached hydrogen (secondary N) is 2. The lowest BCUT2D eigenvalue weighted by Gasteiger charge is -2.10. The molecule has 4 heteroatoms. The Bertz CT molecular complexity index is 340. The number of carbonyl (C=O) groups is 1. The van der Waals surface area contributed by atoms with Crippen molar-refractivity contribution < 1.29 is 9.21 Å². The Morgan fingerprint density at radius 2 is 2.60 bits per heavy atom. The molecule has 82 valence electrons. The van der Waals surface area contributed by atoms with Gasteiger partial charge in [-0.15, -0.1) is 0 Å². The van der Waals surface area contributed by atoms with E-state index in [1.165, 1.54) is 12.7 Å². The van der Waals surface area contributed by atoms with Crippen molar-refractivity contribution in [3.05, 3.63) is 23.7 Å². The molecule has 2 N–H and O–H groups in total. The number of aryl methyl sites for hydroxylation is 1. The summed E-state index contributed by atoms with van der Waals surface area (Å²) in [6, 6.07) is 2.21. The van der Waals surface area contributed by atoms with E-state index in [1.54, 1.807) is 6.07 Å². The summed E-state index contributed by atoms with van der Waals surface area (Å²) in [5.41, 5.74) is 0.881. The van der Waals surface area contributed by atoms with E-state index in [0.29, 0.717) is 18.3 Å². The minimum absolute atomic E-state index is 0.119. The van der Waals surface area contributed by atoms with Gasteiger partial charge in [-0.05, 0) is 32.4 Å². The molecule has 1 aromatic heterocycles. The van der Waals surface area contributed by atoms with Crippen LogP contribution in [0.5, 0.6) is 0 Å². The zero-order valence-corrected chi connectivity index (χ0v) is 8.88. The van der Waals surface area contributed by atoms with Crippen LogP contribution in [0.15, 0.2) is 16.7 Å². The van der Waals surface area contributed by atoms with Crippen LogP contribution in [0.4, 0.5) is 0 Å². The highest BCUT2D eigenvalue weighted by Gasteiger charge is 2.17. The van der Waals surface area contributed by atoms with Gasteiger partial charge < -0.3 is 15.1 Å². The van der Waals surface area contributed by atoms with E-state index >= 15 is 0 Å². The summed E-state index contributed by atoms with van der Waals surface area (Å²) in [5.74, 6) is 0.305. The Labute approximate surface area is 89.0 Å². The van der Waals surface area contributed by atoms with Crippen molar-refractivity contribution in [3.8, 4) is 0 Å². The van der Waals surface area contributed by atoms with Crippen LogP contribution in [-0.4, -0.2) is 25.0 Å². The fraction of sp³-hybridized carbons (Fsp3) is 0.545. The maximum atomic E-state index is 11.7. The van der Waals surface area contributed by atoms with Gasteiger partial charge in [0.1, 0.15) is 0 Å². The molecule has 1 aromatic rings. The summed E-state index contributed by atoms with van der Waals surface area (Å²) in [6.07, 6.45) is 3.87. The molecule has 1 atom stereocenters. The van der Waals surface area contributed by atoms with Gasteiger partial charge in [0.15, 0.2) is 5.76 Å². The molecular formula is C11H16N2O2. The molecule has 0 bridgehead atoms. The molecular weight excluding hydrogens is 192 g/mol. The summed E-state index contributed by atoms with van der Waals surface area (Å²) in [6.45, 7) is 3.60. The van der Waals surface area contributed by atoms with E-state index in [9.17, 15) is 4.79 Å². The van der Waals surface area contributed by atoms with E-state index in [4.69, 9.17) is 4.42 Å². The Kier molecular flexibility index (Phi) is 3.06. The van der Waals surface area contributed by atoms with Gasteiger partial charge in [-0.1, -0.05) is 0 Å². The molecule has 2 heterocycles. The van der Waals surface area contributed by atoms with E-state index in [0.717, 1.165) is 18.5 Å². The second-order valence-electron chi connectivity index (χ2n) is 3.94. The van der Waals surface area contributed by atoms with E-state index in [2.05, 4.69) is 10.6 Å². The number of amides is 1. The lowest BCUT2D eigenvalue weighted by molar-refractivity contribution is 0.0921. The standard InChI is InChI=1S/C11H16N2O2/c1-8-4-6-15-10(8)11(14)13-7-9-3-2-5-12-9/h4,6,9,12H,2-3,5,7H2,1H3,(H,13,14). The van der Waals surface area contributed by atoms with Crippen molar-refractivity contribution in [2.75, 3.05) is 13.1 Å². The molecule has 4 nitrogen and oxygen atoms in total. The molecule has 1 fully saturated rings. The first kappa shape index (κ1) is 10.2. The Balaban J connectivity index is 1.84. The highest BCUT2D eigenvalue weighted by Crippen LogP contribution is 2.09. The van der Waals surface area contributed by atoms with Gasteiger partial charge in [0.2, 0.25) is 0 Å². The van der Waals surface area contributed by atoms with Gasteiger partial charge in [0.25, 0.3) is 5.91 Å². The Morgan fingerprint density at radius 1 is 1.73 bits per heavy atom. The SMILES string of the molecule is Cc1ccoc1C(=O)NCC1CCCN1. The van der Waals surface area contributed by atoms with Gasteiger partial charge >= 0.3 is 0 Å². The molecule has 1 unspecified atom stereocenters. The van der Waals surface area contributed by atoms with Crippen LogP contribution in [0.1, 0.15) is 29.0 Å². The fourth-order valence-corrected chi connectivity index (χ4v) is 1.83. The molecule has 15 heavy (non-hydrogen) atoms. The lowest BCUT2D eigenvalue weighted by Crippen LogP contribution is -2.37. The number of hydrogen-bond acceptors (Lipinski definition) is 3. The van der Waals surface area contributed by atoms with Gasteiger partial charge in [-0.2, -0.15) is 0 Å². The number of furan rings is 1. The fourth-order valence-electron chi connectivity index (χ4n) is 1.83. The van der Waals surface area contributed by atoms with Crippen molar-refractivity contribution in [1.82, 2.24) is 10.6 Å². The van der Waals surface area contributed by atoms with Crippen molar-refractivity contribution >= 4 is 5.91 Å². The van der Waals surface area contributed by atoms with Crippen molar-refractivity contribution in [3.63, 3.8) is 0 Å². The maximum Gasteiger partial charge on any atom is 0.287 e. The van der Waals surface area contributed by atoms with Crippen LogP contribution in [-0.2, 0) is 0 Å². The van der Waals surface area contributed by atoms with E-state index in [-0.39, 0.29) is 5.91 Å². The normalized spacial score (nSPS) is 20.5. The molecule has 1 amide bonds. The number of carbonyl (C=O) groups excluding carboxylic acids is 1. The molecule has 0 aliphatic carbocycles. The maximum absolute atomic E-state index is 11.7. The average Bonchev–Trinajstić information content (AvgIpc) is 2.84. The molecule has 1 aliphatic rings. The second kappa shape index (κ2) is 4.49. The van der Waals surface area contributed by atoms with Crippen LogP contribution in [0, 0.1) is 6.92 Å². The van der Waals surface area contributed by atoms with Crippen LogP contribution >= 0.6 is 0 Å². The third kappa shape index (κ3) is 2.39. The predicted octanol–water partition coefficient (Wildman–Crippen LogP) is 1.07. The Hall–Kier alpha value is -1.29. The molecule has 0 spiro atoms. The predicted molar refractivity (Wildman–Crippen MR) is 56.8 cm³/mol. The van der Waals surface area contributed by atoms with Crippen molar-refractivity contribution in [1.29, 1.82) is 0 Å². The van der Waals surface area contributed by atoms with Gasteiger partial charge in [-0.25, -0.2) is 0 Å². The first-order chi connectivity index (χ1) is 7.27. The monoisotopic (exact) mass is 208 g/mol. The summed E-state index contributed by atoms with van der Waals surface area (Å²) < 4.78 is 5.11. The smallest absolute Gasteiger partial charge is 0.287 e. The average molecular weight is 208 g/mol. The summed E-state index contributed by atoms with van der Waals surface area (Å²) in [4.78, 5) is 11.7. The number of hydrogen-bond donors (Lipinski definition) is 2. The summed E-state index contributed by atoms with van der Waals surface area (Å²) >= 11 is 0. The van der Waals surface area contributed by atoms with Gasteiger partial charge in [0.05, 0.1) is 6.26 Å². The van der Waals surface area contributed by atoms with Gasteiger partial charge in [-0.3, -0.25) is 4.79 Å². The lowest BCUT2D eigenvalue weighted by atomic mass is 10.2.